The minimum Gasteiger partial charge on any atom is -0.354 e. The van der Waals surface area contributed by atoms with Gasteiger partial charge in [0.05, 0.1) is 10.6 Å². The summed E-state index contributed by atoms with van der Waals surface area (Å²) >= 11 is 2.17. The van der Waals surface area contributed by atoms with Crippen molar-refractivity contribution in [2.45, 2.75) is 25.7 Å². The molecule has 0 atom stereocenters. The number of halogens is 1. The molecular weight excluding hydrogens is 515 g/mol. The molecule has 10 heteroatoms. The quantitative estimate of drug-likeness (QED) is 0.476. The lowest BCUT2D eigenvalue weighted by Crippen LogP contribution is -2.49. The molecule has 30 heavy (non-hydrogen) atoms. The molecule has 0 spiro atoms. The Labute approximate surface area is 190 Å². The number of aromatic nitrogens is 4. The van der Waals surface area contributed by atoms with Crippen molar-refractivity contribution in [2.24, 2.45) is 0 Å². The van der Waals surface area contributed by atoms with Gasteiger partial charge < -0.3 is 4.90 Å². The first-order valence-corrected chi connectivity index (χ1v) is 12.2. The molecule has 0 aliphatic carbocycles. The lowest BCUT2D eigenvalue weighted by Gasteiger charge is -2.34. The monoisotopic (exact) mass is 538 g/mol. The first-order chi connectivity index (χ1) is 14.2. The molecule has 1 aliphatic heterocycles. The average molecular weight is 538 g/mol. The fraction of sp³-hybridized carbons (Fsp3) is 0.350. The number of aryl methyl sites for hydroxylation is 3. The highest BCUT2D eigenvalue weighted by molar-refractivity contribution is 14.1. The third kappa shape index (κ3) is 4.21. The van der Waals surface area contributed by atoms with Crippen molar-refractivity contribution < 1.29 is 8.42 Å². The Bertz CT molecular complexity index is 1170. The van der Waals surface area contributed by atoms with Gasteiger partial charge in [-0.2, -0.15) is 9.40 Å². The molecule has 2 aromatic heterocycles. The molecule has 0 radical (unpaired) electrons. The molecule has 1 fully saturated rings. The number of benzene rings is 1. The maximum Gasteiger partial charge on any atom is 0.243 e. The van der Waals surface area contributed by atoms with Crippen LogP contribution in [-0.4, -0.2) is 58.7 Å². The summed E-state index contributed by atoms with van der Waals surface area (Å²) in [5, 5.41) is 4.51. The maximum absolute atomic E-state index is 12.9. The van der Waals surface area contributed by atoms with Crippen molar-refractivity contribution in [2.75, 3.05) is 31.1 Å². The summed E-state index contributed by atoms with van der Waals surface area (Å²) in [6, 6.07) is 10.9. The van der Waals surface area contributed by atoms with E-state index in [-0.39, 0.29) is 0 Å². The third-order valence-electron chi connectivity index (χ3n) is 5.05. The number of anilines is 1. The van der Waals surface area contributed by atoms with E-state index >= 15 is 0 Å². The van der Waals surface area contributed by atoms with E-state index < -0.39 is 10.0 Å². The molecule has 4 rings (SSSR count). The first kappa shape index (κ1) is 21.2. The number of rotatable bonds is 4. The molecular formula is C20H23IN6O2S. The summed E-state index contributed by atoms with van der Waals surface area (Å²) in [5.74, 6) is 2.16. The SMILES string of the molecule is Cc1cc(C)n(-c2cc(N3CCN(S(=O)(=O)c4ccc(I)cc4)CC3)nc(C)n2)n1. The second kappa shape index (κ2) is 8.23. The molecule has 0 amide bonds. The minimum absolute atomic E-state index is 0.334. The number of sulfonamides is 1. The standard InChI is InChI=1S/C20H23IN6O2S/c1-14-12-15(2)27(24-14)20-13-19(22-16(3)23-20)25-8-10-26(11-9-25)30(28,29)18-6-4-17(21)5-7-18/h4-7,12-13H,8-11H2,1-3H3. The van der Waals surface area contributed by atoms with E-state index in [1.807, 2.05) is 49.7 Å². The minimum atomic E-state index is -3.49. The molecule has 158 valence electrons. The molecule has 1 saturated heterocycles. The van der Waals surface area contributed by atoms with Crippen LogP contribution in [0.15, 0.2) is 41.3 Å². The Morgan fingerprint density at radius 3 is 2.13 bits per heavy atom. The van der Waals surface area contributed by atoms with Gasteiger partial charge in [0.15, 0.2) is 5.82 Å². The van der Waals surface area contributed by atoms with Crippen molar-refractivity contribution in [1.29, 1.82) is 0 Å². The summed E-state index contributed by atoms with van der Waals surface area (Å²) in [4.78, 5) is 11.5. The highest BCUT2D eigenvalue weighted by Crippen LogP contribution is 2.22. The van der Waals surface area contributed by atoms with Crippen LogP contribution in [-0.2, 0) is 10.0 Å². The van der Waals surface area contributed by atoms with Gasteiger partial charge in [-0.3, -0.25) is 0 Å². The summed E-state index contributed by atoms with van der Waals surface area (Å²) in [6.07, 6.45) is 0. The predicted octanol–water partition coefficient (Wildman–Crippen LogP) is 2.70. The maximum atomic E-state index is 12.9. The second-order valence-corrected chi connectivity index (χ2v) is 10.5. The lowest BCUT2D eigenvalue weighted by molar-refractivity contribution is 0.383. The van der Waals surface area contributed by atoms with Crippen LogP contribution >= 0.6 is 22.6 Å². The van der Waals surface area contributed by atoms with Gasteiger partial charge in [-0.15, -0.1) is 0 Å². The van der Waals surface area contributed by atoms with Gasteiger partial charge in [0.1, 0.15) is 11.6 Å². The van der Waals surface area contributed by atoms with Crippen LogP contribution in [0.3, 0.4) is 0 Å². The number of nitrogens with zero attached hydrogens (tertiary/aromatic N) is 6. The molecule has 0 saturated carbocycles. The van der Waals surface area contributed by atoms with Gasteiger partial charge in [-0.1, -0.05) is 0 Å². The van der Waals surface area contributed by atoms with E-state index in [1.165, 1.54) is 0 Å². The van der Waals surface area contributed by atoms with Gasteiger partial charge in [0.25, 0.3) is 0 Å². The highest BCUT2D eigenvalue weighted by atomic mass is 127. The van der Waals surface area contributed by atoms with E-state index in [4.69, 9.17) is 0 Å². The molecule has 1 aliphatic rings. The Kier molecular flexibility index (Phi) is 5.82. The van der Waals surface area contributed by atoms with E-state index in [2.05, 4.69) is 42.6 Å². The average Bonchev–Trinajstić information content (AvgIpc) is 3.06. The van der Waals surface area contributed by atoms with Crippen molar-refractivity contribution >= 4 is 38.4 Å². The predicted molar refractivity (Wildman–Crippen MR) is 123 cm³/mol. The molecule has 3 heterocycles. The summed E-state index contributed by atoms with van der Waals surface area (Å²) in [5.41, 5.74) is 1.93. The molecule has 8 nitrogen and oxygen atoms in total. The van der Waals surface area contributed by atoms with Crippen molar-refractivity contribution in [1.82, 2.24) is 24.1 Å². The summed E-state index contributed by atoms with van der Waals surface area (Å²) in [7, 11) is -3.49. The Balaban J connectivity index is 1.53. The molecule has 1 aromatic carbocycles. The van der Waals surface area contributed by atoms with Gasteiger partial charge in [0, 0.05) is 41.5 Å². The summed E-state index contributed by atoms with van der Waals surface area (Å²) < 4.78 is 30.2. The van der Waals surface area contributed by atoms with E-state index in [1.54, 1.807) is 16.4 Å². The smallest absolute Gasteiger partial charge is 0.243 e. The van der Waals surface area contributed by atoms with Crippen LogP contribution in [0.2, 0.25) is 0 Å². The first-order valence-electron chi connectivity index (χ1n) is 9.64. The zero-order valence-electron chi connectivity index (χ0n) is 17.1. The van der Waals surface area contributed by atoms with Crippen LogP contribution in [0.5, 0.6) is 0 Å². The highest BCUT2D eigenvalue weighted by Gasteiger charge is 2.29. The normalized spacial score (nSPS) is 15.5. The molecule has 3 aromatic rings. The van der Waals surface area contributed by atoms with E-state index in [0.717, 1.165) is 26.6 Å². The van der Waals surface area contributed by atoms with Crippen molar-refractivity contribution in [3.8, 4) is 5.82 Å². The fourth-order valence-electron chi connectivity index (χ4n) is 3.58. The van der Waals surface area contributed by atoms with Crippen LogP contribution in [0.25, 0.3) is 5.82 Å². The van der Waals surface area contributed by atoms with Crippen molar-refractivity contribution in [3.05, 3.63) is 57.2 Å². The topological polar surface area (TPSA) is 84.2 Å². The van der Waals surface area contributed by atoms with Crippen LogP contribution in [0, 0.1) is 24.3 Å². The Morgan fingerprint density at radius 2 is 1.53 bits per heavy atom. The van der Waals surface area contributed by atoms with Gasteiger partial charge in [-0.05, 0) is 73.7 Å². The third-order valence-corrected chi connectivity index (χ3v) is 7.68. The largest absolute Gasteiger partial charge is 0.354 e. The lowest BCUT2D eigenvalue weighted by atomic mass is 10.3. The van der Waals surface area contributed by atoms with Gasteiger partial charge in [0.2, 0.25) is 10.0 Å². The number of hydrogen-bond acceptors (Lipinski definition) is 6. The fourth-order valence-corrected chi connectivity index (χ4v) is 5.36. The number of hydrogen-bond donors (Lipinski definition) is 0. The van der Waals surface area contributed by atoms with Crippen LogP contribution in [0.1, 0.15) is 17.2 Å². The Hall–Kier alpha value is -2.05. The number of piperazine rings is 1. The molecule has 0 bridgehead atoms. The van der Waals surface area contributed by atoms with Gasteiger partial charge >= 0.3 is 0 Å². The van der Waals surface area contributed by atoms with Gasteiger partial charge in [-0.25, -0.2) is 23.1 Å². The molecule has 0 unspecified atom stereocenters. The van der Waals surface area contributed by atoms with Crippen LogP contribution < -0.4 is 4.90 Å². The molecule has 0 N–H and O–H groups in total. The second-order valence-electron chi connectivity index (χ2n) is 7.32. The van der Waals surface area contributed by atoms with Crippen molar-refractivity contribution in [3.63, 3.8) is 0 Å². The Morgan fingerprint density at radius 1 is 0.900 bits per heavy atom. The van der Waals surface area contributed by atoms with Crippen LogP contribution in [0.4, 0.5) is 5.82 Å². The zero-order valence-corrected chi connectivity index (χ0v) is 20.1. The van der Waals surface area contributed by atoms with E-state index in [9.17, 15) is 8.42 Å². The zero-order chi connectivity index (χ0) is 21.5. The summed E-state index contributed by atoms with van der Waals surface area (Å²) in [6.45, 7) is 7.75. The van der Waals surface area contributed by atoms with E-state index in [0.29, 0.717) is 36.9 Å².